The van der Waals surface area contributed by atoms with Crippen LogP contribution in [0, 0.1) is 0 Å². The summed E-state index contributed by atoms with van der Waals surface area (Å²) in [7, 11) is 7.37. The lowest BCUT2D eigenvalue weighted by Gasteiger charge is -2.37. The van der Waals surface area contributed by atoms with Gasteiger partial charge in [0, 0.05) is 36.3 Å². The molecule has 2 atom stereocenters. The summed E-state index contributed by atoms with van der Waals surface area (Å²) >= 11 is 0. The molecule has 2 N–H and O–H groups in total. The van der Waals surface area contributed by atoms with Crippen molar-refractivity contribution in [2.24, 2.45) is 0 Å². The zero-order valence-electron chi connectivity index (χ0n) is 25.6. The number of hydrogen-bond donors (Lipinski definition) is 2. The minimum Gasteiger partial charge on any atom is -0.504 e. The summed E-state index contributed by atoms with van der Waals surface area (Å²) in [6.45, 7) is 1.73. The molecular formula is C36H38N2O6. The van der Waals surface area contributed by atoms with Crippen molar-refractivity contribution in [3.8, 4) is 46.0 Å². The van der Waals surface area contributed by atoms with Gasteiger partial charge in [0.2, 0.25) is 11.5 Å². The topological polar surface area (TPSA) is 83.9 Å². The Bertz CT molecular complexity index is 1700. The van der Waals surface area contributed by atoms with E-state index in [0.717, 1.165) is 65.7 Å². The highest BCUT2D eigenvalue weighted by atomic mass is 16.5. The van der Waals surface area contributed by atoms with Gasteiger partial charge in [-0.3, -0.25) is 9.80 Å². The van der Waals surface area contributed by atoms with Crippen LogP contribution in [-0.4, -0.2) is 61.4 Å². The second-order valence-corrected chi connectivity index (χ2v) is 12.1. The van der Waals surface area contributed by atoms with Crippen LogP contribution in [-0.2, 0) is 25.7 Å². The molecular weight excluding hydrogens is 556 g/mol. The molecule has 4 aromatic carbocycles. The van der Waals surface area contributed by atoms with Crippen LogP contribution in [0.15, 0.2) is 60.7 Å². The molecule has 6 aliphatic rings. The Morgan fingerprint density at radius 1 is 0.682 bits per heavy atom. The summed E-state index contributed by atoms with van der Waals surface area (Å²) in [4.78, 5) is 4.64. The molecule has 0 unspecified atom stereocenters. The van der Waals surface area contributed by atoms with E-state index in [1.807, 2.05) is 36.4 Å². The van der Waals surface area contributed by atoms with Gasteiger partial charge >= 0.3 is 0 Å². The molecule has 8 heteroatoms. The molecule has 6 heterocycles. The van der Waals surface area contributed by atoms with Crippen molar-refractivity contribution < 1.29 is 29.2 Å². The molecule has 4 aromatic rings. The van der Waals surface area contributed by atoms with Crippen molar-refractivity contribution >= 4 is 0 Å². The molecule has 44 heavy (non-hydrogen) atoms. The highest BCUT2D eigenvalue weighted by molar-refractivity contribution is 5.63. The third-order valence-electron chi connectivity index (χ3n) is 9.45. The average Bonchev–Trinajstić information content (AvgIpc) is 3.02. The van der Waals surface area contributed by atoms with Crippen LogP contribution in [0.25, 0.3) is 0 Å². The quantitative estimate of drug-likeness (QED) is 0.270. The van der Waals surface area contributed by atoms with Gasteiger partial charge in [-0.1, -0.05) is 24.3 Å². The molecule has 0 aromatic heterocycles. The van der Waals surface area contributed by atoms with Crippen molar-refractivity contribution in [1.29, 1.82) is 0 Å². The standard InChI is InChI=1S/C36H38N2O6/c1-37-16-14-24-20-30(41-3)33(40)35-31(24)27(37)17-21-7-11-26(12-8-21)44-36-32-23(19-29(39)34(36)42-4)13-15-38(2)28(32)18-22-5-9-25(43-35)10-6-22/h5-12,19-20,27-28,39-40H,13-18H2,1-4H3/t27-,28-/m1/s1. The highest BCUT2D eigenvalue weighted by Crippen LogP contribution is 2.51. The predicted molar refractivity (Wildman–Crippen MR) is 168 cm³/mol. The van der Waals surface area contributed by atoms with Crippen molar-refractivity contribution in [3.05, 3.63) is 94.0 Å². The maximum Gasteiger partial charge on any atom is 0.204 e. The maximum atomic E-state index is 11.4. The number of aromatic hydroxyl groups is 2. The van der Waals surface area contributed by atoms with Crippen LogP contribution in [0.4, 0.5) is 0 Å². The fourth-order valence-corrected chi connectivity index (χ4v) is 7.02. The number of phenols is 2. The predicted octanol–water partition coefficient (Wildman–Crippen LogP) is 6.56. The first-order valence-electron chi connectivity index (χ1n) is 15.1. The SMILES string of the molecule is COc1cc2c3c(c1O)Oc1ccc(cc1)C[C@@H]1c4c(cc(O)c(OC)c4Oc4ccc(cc4)C[C@H]3N(C)CC2)CCN1C. The van der Waals surface area contributed by atoms with Crippen LogP contribution < -0.4 is 18.9 Å². The Kier molecular flexibility index (Phi) is 7.26. The van der Waals surface area contributed by atoms with Gasteiger partial charge in [-0.15, -0.1) is 0 Å². The molecule has 4 bridgehead atoms. The summed E-state index contributed by atoms with van der Waals surface area (Å²) < 4.78 is 24.4. The normalized spacial score (nSPS) is 19.6. The minimum absolute atomic E-state index is 0.00100. The van der Waals surface area contributed by atoms with Gasteiger partial charge in [0.05, 0.1) is 14.2 Å². The number of likely N-dealkylation sites (N-methyl/N-ethyl adjacent to an activating group) is 2. The van der Waals surface area contributed by atoms with Gasteiger partial charge in [0.25, 0.3) is 0 Å². The number of rotatable bonds is 2. The van der Waals surface area contributed by atoms with Crippen molar-refractivity contribution in [3.63, 3.8) is 0 Å². The van der Waals surface area contributed by atoms with Crippen molar-refractivity contribution in [2.45, 2.75) is 37.8 Å². The van der Waals surface area contributed by atoms with Gasteiger partial charge < -0.3 is 29.2 Å². The second kappa shape index (κ2) is 11.3. The summed E-state index contributed by atoms with van der Waals surface area (Å²) in [6, 6.07) is 19.9. The van der Waals surface area contributed by atoms with E-state index in [-0.39, 0.29) is 23.6 Å². The smallest absolute Gasteiger partial charge is 0.204 e. The number of nitrogens with zero attached hydrogens (tertiary/aromatic N) is 2. The van der Waals surface area contributed by atoms with Gasteiger partial charge in [-0.2, -0.15) is 0 Å². The maximum absolute atomic E-state index is 11.4. The van der Waals surface area contributed by atoms with E-state index in [4.69, 9.17) is 18.9 Å². The van der Waals surface area contributed by atoms with Gasteiger partial charge in [0.1, 0.15) is 11.5 Å². The molecule has 228 valence electrons. The van der Waals surface area contributed by atoms with E-state index >= 15 is 0 Å². The van der Waals surface area contributed by atoms with E-state index in [1.165, 1.54) is 0 Å². The second-order valence-electron chi connectivity index (χ2n) is 12.1. The molecule has 0 aliphatic carbocycles. The number of benzene rings is 4. The summed E-state index contributed by atoms with van der Waals surface area (Å²) in [5.74, 6) is 3.17. The number of ether oxygens (including phenoxy) is 4. The van der Waals surface area contributed by atoms with Crippen molar-refractivity contribution in [2.75, 3.05) is 41.4 Å². The third-order valence-corrected chi connectivity index (χ3v) is 9.45. The Morgan fingerprint density at radius 2 is 1.18 bits per heavy atom. The summed E-state index contributed by atoms with van der Waals surface area (Å²) in [5, 5.41) is 22.3. The van der Waals surface area contributed by atoms with Crippen LogP contribution >= 0.6 is 0 Å². The molecule has 6 aliphatic heterocycles. The van der Waals surface area contributed by atoms with Gasteiger partial charge in [-0.05, 0) is 98.4 Å². The van der Waals surface area contributed by atoms with E-state index in [9.17, 15) is 10.2 Å². The van der Waals surface area contributed by atoms with Crippen LogP contribution in [0.2, 0.25) is 0 Å². The van der Waals surface area contributed by atoms with Crippen LogP contribution in [0.5, 0.6) is 46.0 Å². The molecule has 10 rings (SSSR count). The molecule has 0 radical (unpaired) electrons. The zero-order chi connectivity index (χ0) is 30.5. The molecule has 8 nitrogen and oxygen atoms in total. The lowest BCUT2D eigenvalue weighted by molar-refractivity contribution is 0.221. The van der Waals surface area contributed by atoms with Crippen LogP contribution in [0.3, 0.4) is 0 Å². The fourth-order valence-electron chi connectivity index (χ4n) is 7.02. The Morgan fingerprint density at radius 3 is 1.70 bits per heavy atom. The van der Waals surface area contributed by atoms with E-state index < -0.39 is 0 Å². The molecule has 0 spiro atoms. The van der Waals surface area contributed by atoms with E-state index in [0.29, 0.717) is 40.9 Å². The average molecular weight is 595 g/mol. The lowest BCUT2D eigenvalue weighted by Crippen LogP contribution is -2.34. The Balaban J connectivity index is 1.40. The molecule has 0 fully saturated rings. The molecule has 0 amide bonds. The monoisotopic (exact) mass is 594 g/mol. The van der Waals surface area contributed by atoms with Crippen LogP contribution in [0.1, 0.15) is 45.5 Å². The molecule has 0 saturated heterocycles. The largest absolute Gasteiger partial charge is 0.504 e. The summed E-state index contributed by atoms with van der Waals surface area (Å²) in [6.07, 6.45) is 3.06. The van der Waals surface area contributed by atoms with E-state index in [2.05, 4.69) is 48.2 Å². The zero-order valence-corrected chi connectivity index (χ0v) is 25.6. The Hall–Kier alpha value is -4.40. The van der Waals surface area contributed by atoms with E-state index in [1.54, 1.807) is 14.2 Å². The molecule has 0 saturated carbocycles. The summed E-state index contributed by atoms with van der Waals surface area (Å²) in [5.41, 5.74) is 6.43. The van der Waals surface area contributed by atoms with Gasteiger partial charge in [0.15, 0.2) is 23.0 Å². The number of methoxy groups -OCH3 is 2. The first kappa shape index (κ1) is 28.4. The fraction of sp³-hybridized carbons (Fsp3) is 0.333. The third kappa shape index (κ3) is 4.88. The Labute approximate surface area is 258 Å². The lowest BCUT2D eigenvalue weighted by atomic mass is 9.87. The number of phenolic OH excluding ortho intramolecular Hbond substituents is 2. The highest BCUT2D eigenvalue weighted by Gasteiger charge is 2.34. The van der Waals surface area contributed by atoms with Crippen molar-refractivity contribution in [1.82, 2.24) is 9.80 Å². The first-order valence-corrected chi connectivity index (χ1v) is 15.1. The first-order chi connectivity index (χ1) is 21.3. The van der Waals surface area contributed by atoms with Gasteiger partial charge in [-0.25, -0.2) is 0 Å². The number of hydrogen-bond acceptors (Lipinski definition) is 8. The minimum atomic E-state index is -0.0232.